The number of ether oxygens (including phenoxy) is 1. The van der Waals surface area contributed by atoms with Gasteiger partial charge in [0.2, 0.25) is 5.91 Å². The summed E-state index contributed by atoms with van der Waals surface area (Å²) < 4.78 is 11.0. The molecule has 2 aromatic heterocycles. The van der Waals surface area contributed by atoms with Crippen LogP contribution in [0.2, 0.25) is 0 Å². The molecular weight excluding hydrogens is 436 g/mol. The Morgan fingerprint density at radius 1 is 1.12 bits per heavy atom. The van der Waals surface area contributed by atoms with E-state index in [0.717, 1.165) is 41.9 Å². The van der Waals surface area contributed by atoms with Crippen molar-refractivity contribution in [1.29, 1.82) is 0 Å². The van der Waals surface area contributed by atoms with E-state index in [1.165, 1.54) is 12.7 Å². The van der Waals surface area contributed by atoms with Crippen LogP contribution in [0, 0.1) is 0 Å². The van der Waals surface area contributed by atoms with E-state index >= 15 is 0 Å². The highest BCUT2D eigenvalue weighted by Crippen LogP contribution is 2.29. The fourth-order valence-electron chi connectivity index (χ4n) is 4.31. The van der Waals surface area contributed by atoms with Gasteiger partial charge in [-0.25, -0.2) is 0 Å². The average Bonchev–Trinajstić information content (AvgIpc) is 3.55. The molecule has 2 amide bonds. The van der Waals surface area contributed by atoms with Crippen LogP contribution in [0.3, 0.4) is 0 Å². The molecule has 7 heteroatoms. The maximum atomic E-state index is 13.7. The van der Waals surface area contributed by atoms with Gasteiger partial charge in [-0.1, -0.05) is 37.5 Å². The number of nitrogens with one attached hydrogen (secondary N) is 1. The Morgan fingerprint density at radius 3 is 2.55 bits per heavy atom. The summed E-state index contributed by atoms with van der Waals surface area (Å²) in [6.45, 7) is 2.80. The van der Waals surface area contributed by atoms with E-state index in [1.54, 1.807) is 28.4 Å². The Morgan fingerprint density at radius 2 is 1.91 bits per heavy atom. The van der Waals surface area contributed by atoms with Crippen LogP contribution in [0.25, 0.3) is 0 Å². The maximum Gasteiger partial charge on any atom is 0.290 e. The van der Waals surface area contributed by atoms with Crippen molar-refractivity contribution in [2.45, 2.75) is 57.7 Å². The van der Waals surface area contributed by atoms with E-state index < -0.39 is 6.04 Å². The van der Waals surface area contributed by atoms with Crippen molar-refractivity contribution < 1.29 is 18.7 Å². The standard InChI is InChI=1S/C26H30N2O4S/c1-2-31-21-14-12-19(13-15-21)24(25(29)27-20-8-4-3-5-9-20)28(18-22-10-7-17-33-22)26(30)23-11-6-16-32-23/h6-7,10-17,20,24H,2-5,8-9,18H2,1H3,(H,27,29)/t24-/m0/s1. The highest BCUT2D eigenvalue weighted by atomic mass is 32.1. The highest BCUT2D eigenvalue weighted by Gasteiger charge is 2.34. The minimum Gasteiger partial charge on any atom is -0.494 e. The third-order valence-corrected chi connectivity index (χ3v) is 6.78. The van der Waals surface area contributed by atoms with E-state index in [2.05, 4.69) is 5.32 Å². The lowest BCUT2D eigenvalue weighted by Gasteiger charge is -2.32. The summed E-state index contributed by atoms with van der Waals surface area (Å²) in [5.41, 5.74) is 0.739. The molecule has 33 heavy (non-hydrogen) atoms. The van der Waals surface area contributed by atoms with Crippen LogP contribution < -0.4 is 10.1 Å². The normalized spacial score (nSPS) is 15.1. The number of carbonyl (C=O) groups is 2. The second kappa shape index (κ2) is 11.2. The summed E-state index contributed by atoms with van der Waals surface area (Å²) in [6.07, 6.45) is 6.85. The van der Waals surface area contributed by atoms with Crippen LogP contribution in [0.15, 0.2) is 64.6 Å². The number of benzene rings is 1. The molecule has 0 bridgehead atoms. The number of furan rings is 1. The second-order valence-electron chi connectivity index (χ2n) is 8.24. The van der Waals surface area contributed by atoms with Crippen LogP contribution >= 0.6 is 11.3 Å². The monoisotopic (exact) mass is 466 g/mol. The molecule has 2 heterocycles. The Labute approximate surface area is 198 Å². The molecule has 1 aliphatic carbocycles. The molecule has 1 atom stereocenters. The topological polar surface area (TPSA) is 71.8 Å². The van der Waals surface area contributed by atoms with Gasteiger partial charge in [0.15, 0.2) is 5.76 Å². The number of amides is 2. The molecule has 1 aliphatic rings. The van der Waals surface area contributed by atoms with Gasteiger partial charge in [-0.15, -0.1) is 11.3 Å². The minimum atomic E-state index is -0.790. The van der Waals surface area contributed by atoms with Crippen molar-refractivity contribution in [3.05, 3.63) is 76.4 Å². The van der Waals surface area contributed by atoms with Crippen molar-refractivity contribution >= 4 is 23.2 Å². The number of rotatable bonds is 9. The zero-order valence-electron chi connectivity index (χ0n) is 18.9. The van der Waals surface area contributed by atoms with Gasteiger partial charge in [-0.2, -0.15) is 0 Å². The van der Waals surface area contributed by atoms with Gasteiger partial charge < -0.3 is 19.4 Å². The lowest BCUT2D eigenvalue weighted by Crippen LogP contribution is -2.46. The smallest absolute Gasteiger partial charge is 0.290 e. The third kappa shape index (κ3) is 5.85. The summed E-state index contributed by atoms with van der Waals surface area (Å²) in [7, 11) is 0. The van der Waals surface area contributed by atoms with Gasteiger partial charge in [0.1, 0.15) is 11.8 Å². The molecule has 1 N–H and O–H groups in total. The zero-order chi connectivity index (χ0) is 23.0. The summed E-state index contributed by atoms with van der Waals surface area (Å²) in [5.74, 6) is 0.469. The van der Waals surface area contributed by atoms with Gasteiger partial charge in [-0.05, 0) is 61.0 Å². The SMILES string of the molecule is CCOc1ccc([C@@H](C(=O)NC2CCCCC2)N(Cc2cccs2)C(=O)c2ccco2)cc1. The molecule has 3 aromatic rings. The summed E-state index contributed by atoms with van der Waals surface area (Å²) in [4.78, 5) is 29.9. The lowest BCUT2D eigenvalue weighted by molar-refractivity contribution is -0.127. The fraction of sp³-hybridized carbons (Fsp3) is 0.385. The van der Waals surface area contributed by atoms with Crippen LogP contribution in [-0.4, -0.2) is 29.4 Å². The quantitative estimate of drug-likeness (QED) is 0.447. The van der Waals surface area contributed by atoms with Crippen LogP contribution in [0.1, 0.15) is 66.1 Å². The largest absolute Gasteiger partial charge is 0.494 e. The number of hydrogen-bond acceptors (Lipinski definition) is 5. The summed E-state index contributed by atoms with van der Waals surface area (Å²) >= 11 is 1.56. The zero-order valence-corrected chi connectivity index (χ0v) is 19.7. The van der Waals surface area contributed by atoms with Crippen LogP contribution in [-0.2, 0) is 11.3 Å². The molecule has 174 valence electrons. The van der Waals surface area contributed by atoms with Crippen molar-refractivity contribution in [3.8, 4) is 5.75 Å². The molecule has 1 fully saturated rings. The van der Waals surface area contributed by atoms with Crippen molar-refractivity contribution in [2.75, 3.05) is 6.61 Å². The van der Waals surface area contributed by atoms with Gasteiger partial charge in [0.05, 0.1) is 19.4 Å². The van der Waals surface area contributed by atoms with E-state index in [4.69, 9.17) is 9.15 Å². The maximum absolute atomic E-state index is 13.7. The van der Waals surface area contributed by atoms with E-state index in [1.807, 2.05) is 48.7 Å². The molecule has 6 nitrogen and oxygen atoms in total. The predicted octanol–water partition coefficient (Wildman–Crippen LogP) is 5.57. The third-order valence-electron chi connectivity index (χ3n) is 5.92. The first kappa shape index (κ1) is 23.1. The molecule has 0 unspecified atom stereocenters. The molecule has 0 saturated heterocycles. The molecule has 0 aliphatic heterocycles. The van der Waals surface area contributed by atoms with Crippen LogP contribution in [0.5, 0.6) is 5.75 Å². The molecular formula is C26H30N2O4S. The van der Waals surface area contributed by atoms with Gasteiger partial charge >= 0.3 is 0 Å². The number of hydrogen-bond donors (Lipinski definition) is 1. The predicted molar refractivity (Wildman–Crippen MR) is 128 cm³/mol. The number of nitrogens with zero attached hydrogens (tertiary/aromatic N) is 1. The average molecular weight is 467 g/mol. The van der Waals surface area contributed by atoms with E-state index in [9.17, 15) is 9.59 Å². The lowest BCUT2D eigenvalue weighted by atomic mass is 9.94. The van der Waals surface area contributed by atoms with Crippen molar-refractivity contribution in [2.24, 2.45) is 0 Å². The van der Waals surface area contributed by atoms with Crippen molar-refractivity contribution in [1.82, 2.24) is 10.2 Å². The van der Waals surface area contributed by atoms with Crippen LogP contribution in [0.4, 0.5) is 0 Å². The first-order valence-corrected chi connectivity index (χ1v) is 12.4. The molecule has 0 radical (unpaired) electrons. The first-order chi connectivity index (χ1) is 16.2. The molecule has 1 aromatic carbocycles. The minimum absolute atomic E-state index is 0.138. The Bertz CT molecular complexity index is 1010. The van der Waals surface area contributed by atoms with Gasteiger partial charge in [0, 0.05) is 10.9 Å². The molecule has 1 saturated carbocycles. The summed E-state index contributed by atoms with van der Waals surface area (Å²) in [5, 5.41) is 5.20. The highest BCUT2D eigenvalue weighted by molar-refractivity contribution is 7.09. The summed E-state index contributed by atoms with van der Waals surface area (Å²) in [6, 6.07) is 14.0. The van der Waals surface area contributed by atoms with E-state index in [0.29, 0.717) is 13.2 Å². The molecule has 0 spiro atoms. The first-order valence-electron chi connectivity index (χ1n) is 11.6. The van der Waals surface area contributed by atoms with Gasteiger partial charge in [-0.3, -0.25) is 9.59 Å². The van der Waals surface area contributed by atoms with Crippen molar-refractivity contribution in [3.63, 3.8) is 0 Å². The number of thiophene rings is 1. The van der Waals surface area contributed by atoms with Gasteiger partial charge in [0.25, 0.3) is 5.91 Å². The molecule has 4 rings (SSSR count). The van der Waals surface area contributed by atoms with E-state index in [-0.39, 0.29) is 23.6 Å². The second-order valence-corrected chi connectivity index (χ2v) is 9.27. The fourth-order valence-corrected chi connectivity index (χ4v) is 5.01. The number of carbonyl (C=O) groups excluding carboxylic acids is 2. The Hall–Kier alpha value is -3.06. The Balaban J connectivity index is 1.69. The Kier molecular flexibility index (Phi) is 7.83.